The molecule has 7 heteroatoms. The molecule has 28 heavy (non-hydrogen) atoms. The minimum atomic E-state index is -0.865. The minimum absolute atomic E-state index is 0.0614. The van der Waals surface area contributed by atoms with E-state index in [1.54, 1.807) is 0 Å². The third kappa shape index (κ3) is 3.78. The summed E-state index contributed by atoms with van der Waals surface area (Å²) in [6.07, 6.45) is 2.09. The van der Waals surface area contributed by atoms with Gasteiger partial charge in [-0.25, -0.2) is 0 Å². The van der Waals surface area contributed by atoms with Crippen LogP contribution in [0.1, 0.15) is 37.8 Å². The lowest BCUT2D eigenvalue weighted by Gasteiger charge is -2.35. The summed E-state index contributed by atoms with van der Waals surface area (Å²) in [5.41, 5.74) is 0.105. The molecule has 0 unspecified atom stereocenters. The molecular formula is C21H29ClN2O4. The van der Waals surface area contributed by atoms with Crippen LogP contribution in [-0.4, -0.2) is 67.7 Å². The summed E-state index contributed by atoms with van der Waals surface area (Å²) in [4.78, 5) is 29.9. The maximum absolute atomic E-state index is 13.5. The number of rotatable bonds is 4. The highest BCUT2D eigenvalue weighted by Gasteiger charge is 2.55. The lowest BCUT2D eigenvalue weighted by molar-refractivity contribution is -0.152. The number of halogens is 1. The lowest BCUT2D eigenvalue weighted by atomic mass is 9.88. The van der Waals surface area contributed by atoms with Crippen molar-refractivity contribution < 1.29 is 19.1 Å². The Hall–Kier alpha value is -1.63. The van der Waals surface area contributed by atoms with Crippen LogP contribution in [0.25, 0.3) is 0 Å². The zero-order valence-corrected chi connectivity index (χ0v) is 17.7. The Kier molecular flexibility index (Phi) is 6.32. The first-order chi connectivity index (χ1) is 13.3. The van der Waals surface area contributed by atoms with Gasteiger partial charge in [-0.05, 0) is 50.9 Å². The van der Waals surface area contributed by atoms with Crippen molar-refractivity contribution in [2.45, 2.75) is 43.8 Å². The Morgan fingerprint density at radius 2 is 1.86 bits per heavy atom. The van der Waals surface area contributed by atoms with Gasteiger partial charge in [-0.3, -0.25) is 14.5 Å². The Labute approximate surface area is 171 Å². The highest BCUT2D eigenvalue weighted by atomic mass is 35.5. The van der Waals surface area contributed by atoms with E-state index < -0.39 is 5.54 Å². The molecule has 0 aromatic heterocycles. The summed E-state index contributed by atoms with van der Waals surface area (Å²) < 4.78 is 10.5. The largest absolute Gasteiger partial charge is 0.468 e. The number of ether oxygens (including phenoxy) is 2. The fourth-order valence-corrected chi connectivity index (χ4v) is 4.69. The van der Waals surface area contributed by atoms with Crippen LogP contribution >= 0.6 is 11.6 Å². The normalized spacial score (nSPS) is 28.9. The van der Waals surface area contributed by atoms with Gasteiger partial charge >= 0.3 is 5.97 Å². The number of carbonyl (C=O) groups excluding carboxylic acids is 2. The molecule has 1 aromatic carbocycles. The van der Waals surface area contributed by atoms with Crippen LogP contribution in [0.15, 0.2) is 24.3 Å². The Balaban J connectivity index is 1.94. The molecule has 2 heterocycles. The first-order valence-electron chi connectivity index (χ1n) is 9.71. The zero-order valence-electron chi connectivity index (χ0n) is 17.0. The van der Waals surface area contributed by atoms with Crippen LogP contribution in [0.5, 0.6) is 0 Å². The first kappa shape index (κ1) is 21.1. The molecule has 154 valence electrons. The molecule has 0 saturated carbocycles. The van der Waals surface area contributed by atoms with Crippen molar-refractivity contribution in [3.05, 3.63) is 34.9 Å². The first-order valence-corrected chi connectivity index (χ1v) is 10.1. The van der Waals surface area contributed by atoms with Crippen LogP contribution in [0.2, 0.25) is 5.02 Å². The van der Waals surface area contributed by atoms with Crippen LogP contribution in [0.3, 0.4) is 0 Å². The molecule has 2 fully saturated rings. The fourth-order valence-electron chi connectivity index (χ4n) is 4.56. The van der Waals surface area contributed by atoms with Gasteiger partial charge in [0.25, 0.3) is 0 Å². The molecule has 1 amide bonds. The predicted molar refractivity (Wildman–Crippen MR) is 107 cm³/mol. The van der Waals surface area contributed by atoms with Gasteiger partial charge in [0, 0.05) is 37.4 Å². The average Bonchev–Trinajstić information content (AvgIpc) is 2.99. The summed E-state index contributed by atoms with van der Waals surface area (Å²) >= 11 is 6.06. The summed E-state index contributed by atoms with van der Waals surface area (Å²) in [6.45, 7) is 3.20. The molecule has 0 bridgehead atoms. The van der Waals surface area contributed by atoms with Crippen LogP contribution in [0, 0.1) is 5.92 Å². The molecule has 3 rings (SSSR count). The van der Waals surface area contributed by atoms with E-state index in [0.29, 0.717) is 24.7 Å². The molecule has 0 spiro atoms. The van der Waals surface area contributed by atoms with E-state index in [1.807, 2.05) is 55.1 Å². The topological polar surface area (TPSA) is 59.1 Å². The van der Waals surface area contributed by atoms with E-state index in [9.17, 15) is 9.59 Å². The molecule has 2 aliphatic rings. The third-order valence-corrected chi connectivity index (χ3v) is 6.69. The zero-order chi connectivity index (χ0) is 20.5. The Morgan fingerprint density at radius 1 is 1.25 bits per heavy atom. The molecule has 0 radical (unpaired) electrons. The monoisotopic (exact) mass is 408 g/mol. The number of benzene rings is 1. The van der Waals surface area contributed by atoms with Gasteiger partial charge in [-0.2, -0.15) is 0 Å². The number of carbonyl (C=O) groups is 2. The van der Waals surface area contributed by atoms with Gasteiger partial charge in [0.15, 0.2) is 0 Å². The molecule has 1 aromatic rings. The number of amides is 1. The molecule has 2 aliphatic heterocycles. The van der Waals surface area contributed by atoms with E-state index in [2.05, 4.69) is 0 Å². The van der Waals surface area contributed by atoms with Gasteiger partial charge in [0.2, 0.25) is 5.91 Å². The van der Waals surface area contributed by atoms with Crippen molar-refractivity contribution in [3.8, 4) is 0 Å². The summed E-state index contributed by atoms with van der Waals surface area (Å²) in [5, 5.41) is 0.641. The predicted octanol–water partition coefficient (Wildman–Crippen LogP) is 2.90. The van der Waals surface area contributed by atoms with E-state index in [4.69, 9.17) is 21.1 Å². The number of nitrogens with zero attached hydrogens (tertiary/aromatic N) is 2. The maximum atomic E-state index is 13.5. The van der Waals surface area contributed by atoms with Gasteiger partial charge in [-0.15, -0.1) is 0 Å². The summed E-state index contributed by atoms with van der Waals surface area (Å²) in [6, 6.07) is 7.45. The van der Waals surface area contributed by atoms with Crippen molar-refractivity contribution in [3.63, 3.8) is 0 Å². The van der Waals surface area contributed by atoms with Gasteiger partial charge in [0.05, 0.1) is 13.0 Å². The lowest BCUT2D eigenvalue weighted by Crippen LogP contribution is -2.47. The third-order valence-electron chi connectivity index (χ3n) is 6.43. The van der Waals surface area contributed by atoms with E-state index >= 15 is 0 Å². The highest BCUT2D eigenvalue weighted by molar-refractivity contribution is 6.30. The molecule has 0 N–H and O–H groups in total. The van der Waals surface area contributed by atoms with E-state index in [1.165, 1.54) is 7.11 Å². The SMILES string of the molecule is COC(=O)[C@]1(C)C[C@H](C(=O)N(C)C2CCOCC2)[C@H](c2ccc(Cl)cc2)N1C. The number of likely N-dealkylation sites (tertiary alicyclic amines) is 1. The van der Waals surface area contributed by atoms with Crippen molar-refractivity contribution in [2.24, 2.45) is 5.92 Å². The Morgan fingerprint density at radius 3 is 2.43 bits per heavy atom. The van der Waals surface area contributed by atoms with Crippen molar-refractivity contribution in [1.29, 1.82) is 0 Å². The second-order valence-corrected chi connectivity index (χ2v) is 8.41. The Bertz CT molecular complexity index is 720. The summed E-state index contributed by atoms with van der Waals surface area (Å²) in [5.74, 6) is -0.604. The number of likely N-dealkylation sites (N-methyl/N-ethyl adjacent to an activating group) is 1. The van der Waals surface area contributed by atoms with Crippen LogP contribution in [0.4, 0.5) is 0 Å². The molecule has 6 nitrogen and oxygen atoms in total. The minimum Gasteiger partial charge on any atom is -0.468 e. The van der Waals surface area contributed by atoms with Gasteiger partial charge in [-0.1, -0.05) is 23.7 Å². The summed E-state index contributed by atoms with van der Waals surface area (Å²) in [7, 11) is 5.14. The standard InChI is InChI=1S/C21H29ClN2O4/c1-21(20(26)27-4)13-17(19(25)23(2)16-9-11-28-12-10-16)18(24(21)3)14-5-7-15(22)8-6-14/h5-8,16-18H,9-13H2,1-4H3/t17-,18-,21-/m0/s1. The maximum Gasteiger partial charge on any atom is 0.326 e. The number of esters is 1. The molecular weight excluding hydrogens is 380 g/mol. The molecule has 3 atom stereocenters. The smallest absolute Gasteiger partial charge is 0.326 e. The highest BCUT2D eigenvalue weighted by Crippen LogP contribution is 2.47. The number of methoxy groups -OCH3 is 1. The number of hydrogen-bond donors (Lipinski definition) is 0. The molecule has 2 saturated heterocycles. The van der Waals surface area contributed by atoms with Crippen molar-refractivity contribution in [2.75, 3.05) is 34.4 Å². The average molecular weight is 409 g/mol. The van der Waals surface area contributed by atoms with Crippen molar-refractivity contribution in [1.82, 2.24) is 9.80 Å². The van der Waals surface area contributed by atoms with Crippen molar-refractivity contribution >= 4 is 23.5 Å². The quantitative estimate of drug-likeness (QED) is 0.717. The van der Waals surface area contributed by atoms with Crippen LogP contribution < -0.4 is 0 Å². The number of hydrogen-bond acceptors (Lipinski definition) is 5. The second-order valence-electron chi connectivity index (χ2n) is 7.98. The van der Waals surface area contributed by atoms with E-state index in [0.717, 1.165) is 18.4 Å². The molecule has 0 aliphatic carbocycles. The second kappa shape index (κ2) is 8.39. The van der Waals surface area contributed by atoms with Crippen LogP contribution in [-0.2, 0) is 19.1 Å². The van der Waals surface area contributed by atoms with Gasteiger partial charge in [0.1, 0.15) is 5.54 Å². The van der Waals surface area contributed by atoms with Gasteiger partial charge < -0.3 is 14.4 Å². The van der Waals surface area contributed by atoms with E-state index in [-0.39, 0.29) is 29.9 Å². The fraction of sp³-hybridized carbons (Fsp3) is 0.619.